The lowest BCUT2D eigenvalue weighted by molar-refractivity contribution is -0.119. The molecule has 1 spiro atoms. The van der Waals surface area contributed by atoms with Crippen molar-refractivity contribution in [3.8, 4) is 0 Å². The minimum Gasteiger partial charge on any atom is -0.381 e. The number of ether oxygens (including phenoxy) is 1. The molecule has 2 aromatic rings. The van der Waals surface area contributed by atoms with Gasteiger partial charge in [0.25, 0.3) is 5.91 Å². The van der Waals surface area contributed by atoms with Crippen LogP contribution in [0.5, 0.6) is 0 Å². The molecule has 2 aromatic carbocycles. The zero-order chi connectivity index (χ0) is 25.9. The molecule has 37 heavy (non-hydrogen) atoms. The van der Waals surface area contributed by atoms with Gasteiger partial charge in [-0.2, -0.15) is 10.6 Å². The van der Waals surface area contributed by atoms with Crippen LogP contribution in [-0.4, -0.2) is 81.8 Å². The summed E-state index contributed by atoms with van der Waals surface area (Å²) in [6, 6.07) is 13.4. The van der Waals surface area contributed by atoms with Crippen LogP contribution in [0, 0.1) is 0 Å². The largest absolute Gasteiger partial charge is 0.381 e. The van der Waals surface area contributed by atoms with Crippen LogP contribution in [0.25, 0.3) is 0 Å². The minimum atomic E-state index is -2.54. The van der Waals surface area contributed by atoms with E-state index in [0.29, 0.717) is 37.6 Å². The van der Waals surface area contributed by atoms with Crippen molar-refractivity contribution in [1.29, 1.82) is 0 Å². The van der Waals surface area contributed by atoms with Gasteiger partial charge in [0.1, 0.15) is 6.04 Å². The molecule has 2 amide bonds. The number of carbonyl (C=O) groups excluding carboxylic acids is 2. The molecule has 0 aromatic heterocycles. The topological polar surface area (TPSA) is 106 Å². The molecule has 4 heterocycles. The van der Waals surface area contributed by atoms with Gasteiger partial charge in [-0.25, -0.2) is 0 Å². The summed E-state index contributed by atoms with van der Waals surface area (Å²) in [5.74, 6) is 0.466. The van der Waals surface area contributed by atoms with Gasteiger partial charge in [0.05, 0.1) is 16.1 Å². The Kier molecular flexibility index (Phi) is 5.91. The van der Waals surface area contributed by atoms with E-state index in [2.05, 4.69) is 16.3 Å². The molecule has 0 bridgehead atoms. The van der Waals surface area contributed by atoms with Gasteiger partial charge < -0.3 is 24.8 Å². The second kappa shape index (κ2) is 8.90. The maximum atomic E-state index is 12.9. The number of hydrogen-bond acceptors (Lipinski definition) is 7. The molecule has 0 saturated carbocycles. The highest BCUT2D eigenvalue weighted by atomic mass is 32.3. The van der Waals surface area contributed by atoms with Crippen molar-refractivity contribution >= 4 is 45.2 Å². The van der Waals surface area contributed by atoms with Crippen molar-refractivity contribution in [3.05, 3.63) is 48.0 Å². The fourth-order valence-electron chi connectivity index (χ4n) is 6.07. The van der Waals surface area contributed by atoms with E-state index in [0.717, 1.165) is 42.0 Å². The van der Waals surface area contributed by atoms with Gasteiger partial charge in [-0.3, -0.25) is 18.7 Å². The molecule has 3 N–H and O–H groups in total. The molecule has 6 rings (SSSR count). The van der Waals surface area contributed by atoms with Gasteiger partial charge in [0, 0.05) is 62.1 Å². The highest BCUT2D eigenvalue weighted by Gasteiger charge is 2.60. The van der Waals surface area contributed by atoms with E-state index in [4.69, 9.17) is 4.74 Å². The van der Waals surface area contributed by atoms with Crippen molar-refractivity contribution in [1.82, 2.24) is 4.90 Å². The highest BCUT2D eigenvalue weighted by Crippen LogP contribution is 2.67. The van der Waals surface area contributed by atoms with Crippen LogP contribution >= 0.6 is 10.6 Å². The zero-order valence-corrected chi connectivity index (χ0v) is 22.0. The number of fused-ring (bicyclic) bond motifs is 1. The van der Waals surface area contributed by atoms with Crippen molar-refractivity contribution in [2.75, 3.05) is 54.2 Å². The predicted octanol–water partition coefficient (Wildman–Crippen LogP) is 4.13. The molecule has 0 aliphatic carbocycles. The molecule has 0 radical (unpaired) electrons. The summed E-state index contributed by atoms with van der Waals surface area (Å²) in [4.78, 5) is 31.5. The number of likely N-dealkylation sites (tertiary alicyclic amines) is 1. The van der Waals surface area contributed by atoms with Crippen molar-refractivity contribution in [2.24, 2.45) is 0 Å². The standard InChI is InChI=1S/C27H34N4O5S/c1-18-25(32)29(2)23-8-7-21(15-24(23)31(18)22-9-12-36-13-10-22)28-20-5-3-19(4-6-20)26(33)30-16-27(17-30)11-14-37(27,34)35/h3-8,15,18,22,28,34-35H,9-14,16-17H2,1-2H3/t18-/m1/s1. The number of anilines is 4. The Labute approximate surface area is 218 Å². The van der Waals surface area contributed by atoms with Crippen LogP contribution in [0.3, 0.4) is 0 Å². The Morgan fingerprint density at radius 2 is 1.73 bits per heavy atom. The van der Waals surface area contributed by atoms with Crippen LogP contribution < -0.4 is 15.1 Å². The summed E-state index contributed by atoms with van der Waals surface area (Å²) >= 11 is 0. The van der Waals surface area contributed by atoms with Crippen molar-refractivity contribution in [2.45, 2.75) is 43.0 Å². The summed E-state index contributed by atoms with van der Waals surface area (Å²) in [6.07, 6.45) is 2.56. The molecule has 4 aliphatic heterocycles. The number of amides is 2. The molecule has 4 aliphatic rings. The fourth-order valence-corrected chi connectivity index (χ4v) is 7.94. The van der Waals surface area contributed by atoms with Crippen LogP contribution in [0.15, 0.2) is 42.5 Å². The number of benzene rings is 2. The summed E-state index contributed by atoms with van der Waals surface area (Å²) in [5.41, 5.74) is 4.28. The van der Waals surface area contributed by atoms with Gasteiger partial charge in [0.2, 0.25) is 5.91 Å². The number of rotatable bonds is 4. The lowest BCUT2D eigenvalue weighted by atomic mass is 9.93. The predicted molar refractivity (Wildman–Crippen MR) is 146 cm³/mol. The molecular formula is C27H34N4O5S. The van der Waals surface area contributed by atoms with E-state index >= 15 is 0 Å². The second-order valence-electron chi connectivity index (χ2n) is 10.7. The maximum absolute atomic E-state index is 12.9. The second-order valence-corrected chi connectivity index (χ2v) is 13.3. The summed E-state index contributed by atoms with van der Waals surface area (Å²) in [5, 5.41) is 3.44. The Morgan fingerprint density at radius 1 is 1.05 bits per heavy atom. The van der Waals surface area contributed by atoms with E-state index in [1.165, 1.54) is 0 Å². The average Bonchev–Trinajstić information content (AvgIpc) is 2.87. The summed E-state index contributed by atoms with van der Waals surface area (Å²) in [7, 11) is -0.710. The first-order chi connectivity index (χ1) is 17.7. The van der Waals surface area contributed by atoms with Gasteiger partial charge in [-0.1, -0.05) is 0 Å². The van der Waals surface area contributed by atoms with Gasteiger partial charge >= 0.3 is 0 Å². The smallest absolute Gasteiger partial charge is 0.254 e. The third kappa shape index (κ3) is 3.98. The number of nitrogens with one attached hydrogen (secondary N) is 1. The monoisotopic (exact) mass is 526 g/mol. The number of hydrogen-bond donors (Lipinski definition) is 3. The molecule has 1 atom stereocenters. The fraction of sp³-hybridized carbons (Fsp3) is 0.481. The van der Waals surface area contributed by atoms with Gasteiger partial charge in [0.15, 0.2) is 0 Å². The average molecular weight is 527 g/mol. The first kappa shape index (κ1) is 24.5. The Bertz CT molecular complexity index is 1220. The van der Waals surface area contributed by atoms with Crippen LogP contribution in [-0.2, 0) is 9.53 Å². The third-order valence-electron chi connectivity index (χ3n) is 8.51. The molecule has 3 saturated heterocycles. The SMILES string of the molecule is C[C@@H]1C(=O)N(C)c2ccc(Nc3ccc(C(=O)N4CC5(CCS5(O)O)C4)cc3)cc2N1C1CCOCC1. The van der Waals surface area contributed by atoms with Crippen molar-refractivity contribution < 1.29 is 23.4 Å². The molecule has 3 fully saturated rings. The van der Waals surface area contributed by atoms with Crippen LogP contribution in [0.2, 0.25) is 0 Å². The first-order valence-electron chi connectivity index (χ1n) is 12.9. The third-order valence-corrected chi connectivity index (χ3v) is 11.1. The lowest BCUT2D eigenvalue weighted by Crippen LogP contribution is -2.70. The Balaban J connectivity index is 1.18. The summed E-state index contributed by atoms with van der Waals surface area (Å²) < 4.78 is 25.3. The van der Waals surface area contributed by atoms with Gasteiger partial charge in [-0.15, -0.1) is 0 Å². The minimum absolute atomic E-state index is 0.0816. The lowest BCUT2D eigenvalue weighted by Gasteiger charge is -2.67. The molecule has 198 valence electrons. The molecular weight excluding hydrogens is 492 g/mol. The quantitative estimate of drug-likeness (QED) is 0.550. The summed E-state index contributed by atoms with van der Waals surface area (Å²) in [6.45, 7) is 4.22. The first-order valence-corrected chi connectivity index (χ1v) is 14.6. The number of carbonyl (C=O) groups is 2. The molecule has 0 unspecified atom stereocenters. The van der Waals surface area contributed by atoms with Crippen LogP contribution in [0.4, 0.5) is 22.7 Å². The number of nitrogens with zero attached hydrogens (tertiary/aromatic N) is 3. The van der Waals surface area contributed by atoms with E-state index in [1.54, 1.807) is 21.9 Å². The molecule has 10 heteroatoms. The van der Waals surface area contributed by atoms with Crippen molar-refractivity contribution in [3.63, 3.8) is 0 Å². The zero-order valence-electron chi connectivity index (χ0n) is 21.2. The Hall–Kier alpha value is -2.79. The van der Waals surface area contributed by atoms with E-state index in [-0.39, 0.29) is 23.9 Å². The normalized spacial score (nSPS) is 25.2. The highest BCUT2D eigenvalue weighted by molar-refractivity contribution is 8.26. The Morgan fingerprint density at radius 3 is 2.35 bits per heavy atom. The maximum Gasteiger partial charge on any atom is 0.254 e. The van der Waals surface area contributed by atoms with Crippen LogP contribution in [0.1, 0.15) is 36.5 Å². The number of likely N-dealkylation sites (N-methyl/N-ethyl adjacent to an activating group) is 1. The van der Waals surface area contributed by atoms with E-state index in [9.17, 15) is 18.7 Å². The van der Waals surface area contributed by atoms with Gasteiger partial charge in [-0.05, 0) is 68.7 Å². The van der Waals surface area contributed by atoms with E-state index < -0.39 is 15.3 Å². The van der Waals surface area contributed by atoms with E-state index in [1.807, 2.05) is 38.2 Å². The molecule has 9 nitrogen and oxygen atoms in total.